The summed E-state index contributed by atoms with van der Waals surface area (Å²) in [6.45, 7) is 6.31. The molecule has 0 amide bonds. The van der Waals surface area contributed by atoms with Crippen LogP contribution in [-0.4, -0.2) is 37.2 Å². The van der Waals surface area contributed by atoms with Gasteiger partial charge in [-0.2, -0.15) is 0 Å². The molecule has 1 atom stereocenters. The van der Waals surface area contributed by atoms with E-state index in [-0.39, 0.29) is 31.1 Å². The van der Waals surface area contributed by atoms with Crippen molar-refractivity contribution >= 4 is 17.9 Å². The molecule has 0 bridgehead atoms. The topological polar surface area (TPSA) is 78.9 Å². The monoisotopic (exact) mass is 807 g/mol. The first-order valence-electron chi connectivity index (χ1n) is 23.6. The van der Waals surface area contributed by atoms with Crippen molar-refractivity contribution < 1.29 is 28.6 Å². The van der Waals surface area contributed by atoms with Crippen LogP contribution in [0.15, 0.2) is 85.1 Å². The molecule has 0 aromatic heterocycles. The summed E-state index contributed by atoms with van der Waals surface area (Å²) < 4.78 is 16.7. The fraction of sp³-hybridized carbons (Fsp3) is 0.673. The van der Waals surface area contributed by atoms with Gasteiger partial charge in [0.05, 0.1) is 0 Å². The molecule has 1 unspecified atom stereocenters. The Kier molecular flexibility index (Phi) is 43.6. The number of hydrogen-bond acceptors (Lipinski definition) is 6. The van der Waals surface area contributed by atoms with Gasteiger partial charge in [-0.1, -0.05) is 176 Å². The molecule has 6 heteroatoms. The molecule has 0 aliphatic rings. The highest BCUT2D eigenvalue weighted by molar-refractivity contribution is 5.71. The van der Waals surface area contributed by atoms with Crippen LogP contribution in [0.25, 0.3) is 0 Å². The van der Waals surface area contributed by atoms with Gasteiger partial charge in [-0.15, -0.1) is 0 Å². The number of unbranched alkanes of at least 4 members (excludes halogenated alkanes) is 18. The molecule has 58 heavy (non-hydrogen) atoms. The maximum absolute atomic E-state index is 12.7. The summed E-state index contributed by atoms with van der Waals surface area (Å²) in [5.41, 5.74) is 0. The molecule has 0 aliphatic carbocycles. The van der Waals surface area contributed by atoms with E-state index in [4.69, 9.17) is 14.2 Å². The molecule has 0 saturated carbocycles. The molecule has 0 spiro atoms. The zero-order chi connectivity index (χ0) is 42.3. The standard InChI is InChI=1S/C52H86O6/c1-4-7-10-13-16-19-22-25-28-30-33-36-39-42-45-51(54)57-48-49(58-52(55)46-43-40-37-34-31-27-24-21-18-15-12-9-6-3)47-56-50(53)44-41-38-35-32-29-26-23-20-17-14-11-8-5-2/h7,9-10,12,15-16,18-19,21,24-26,28-29,49H,4-6,8,11,13-14,17,20,22-23,27,30-48H2,1-3H3/b10-7+,12-9+,18-15+,19-16+,24-21+,28-25+,29-26+. The van der Waals surface area contributed by atoms with Crippen LogP contribution in [0.1, 0.15) is 207 Å². The first kappa shape index (κ1) is 54.6. The zero-order valence-corrected chi connectivity index (χ0v) is 37.5. The van der Waals surface area contributed by atoms with E-state index in [9.17, 15) is 14.4 Å². The lowest BCUT2D eigenvalue weighted by atomic mass is 10.1. The molecule has 0 heterocycles. The molecule has 0 saturated heterocycles. The summed E-state index contributed by atoms with van der Waals surface area (Å²) in [5.74, 6) is -0.966. The van der Waals surface area contributed by atoms with Gasteiger partial charge < -0.3 is 14.2 Å². The summed E-state index contributed by atoms with van der Waals surface area (Å²) >= 11 is 0. The number of carbonyl (C=O) groups is 3. The molecule has 0 aromatic carbocycles. The van der Waals surface area contributed by atoms with E-state index >= 15 is 0 Å². The lowest BCUT2D eigenvalue weighted by Crippen LogP contribution is -2.30. The average Bonchev–Trinajstić information content (AvgIpc) is 3.22. The quantitative estimate of drug-likeness (QED) is 0.0201. The van der Waals surface area contributed by atoms with Gasteiger partial charge in [0.25, 0.3) is 0 Å². The van der Waals surface area contributed by atoms with Crippen molar-refractivity contribution in [2.75, 3.05) is 13.2 Å². The van der Waals surface area contributed by atoms with E-state index in [1.807, 2.05) is 6.08 Å². The highest BCUT2D eigenvalue weighted by atomic mass is 16.6. The van der Waals surface area contributed by atoms with E-state index in [0.29, 0.717) is 19.3 Å². The summed E-state index contributed by atoms with van der Waals surface area (Å²) in [6, 6.07) is 0. The minimum atomic E-state index is -0.801. The average molecular weight is 807 g/mol. The number of allylic oxidation sites excluding steroid dienone is 14. The number of esters is 3. The van der Waals surface area contributed by atoms with E-state index < -0.39 is 6.10 Å². The third kappa shape index (κ3) is 43.7. The van der Waals surface area contributed by atoms with E-state index in [2.05, 4.69) is 99.8 Å². The maximum Gasteiger partial charge on any atom is 0.306 e. The molecule has 0 aliphatic heterocycles. The van der Waals surface area contributed by atoms with Crippen LogP contribution in [0.2, 0.25) is 0 Å². The van der Waals surface area contributed by atoms with E-state index in [1.54, 1.807) is 0 Å². The van der Waals surface area contributed by atoms with Crippen molar-refractivity contribution in [3.8, 4) is 0 Å². The maximum atomic E-state index is 12.7. The molecule has 330 valence electrons. The van der Waals surface area contributed by atoms with Gasteiger partial charge >= 0.3 is 17.9 Å². The predicted molar refractivity (Wildman–Crippen MR) is 247 cm³/mol. The SMILES string of the molecule is CC/C=C/C=C/C=C/CCCCCCCC(=O)OC(COC(=O)CCCCC/C=C/CCCCCCCC)COC(=O)CCCCCC/C=C/C/C=C/C/C=C/CC. The summed E-state index contributed by atoms with van der Waals surface area (Å²) in [4.78, 5) is 37.8. The summed E-state index contributed by atoms with van der Waals surface area (Å²) in [7, 11) is 0. The van der Waals surface area contributed by atoms with Gasteiger partial charge in [-0.25, -0.2) is 0 Å². The second kappa shape index (κ2) is 46.3. The lowest BCUT2D eigenvalue weighted by Gasteiger charge is -2.18. The molecular weight excluding hydrogens is 721 g/mol. The van der Waals surface area contributed by atoms with Crippen LogP contribution in [-0.2, 0) is 28.6 Å². The Labute approximate surface area is 356 Å². The van der Waals surface area contributed by atoms with Crippen molar-refractivity contribution in [2.45, 2.75) is 213 Å². The lowest BCUT2D eigenvalue weighted by molar-refractivity contribution is -0.167. The summed E-state index contributed by atoms with van der Waals surface area (Å²) in [6.07, 6.45) is 58.5. The second-order valence-electron chi connectivity index (χ2n) is 15.3. The van der Waals surface area contributed by atoms with Gasteiger partial charge in [0, 0.05) is 19.3 Å². The first-order valence-corrected chi connectivity index (χ1v) is 23.6. The van der Waals surface area contributed by atoms with Crippen molar-refractivity contribution in [3.63, 3.8) is 0 Å². The Morgan fingerprint density at radius 1 is 0.379 bits per heavy atom. The molecule has 6 nitrogen and oxygen atoms in total. The molecule has 0 rings (SSSR count). The second-order valence-corrected chi connectivity index (χ2v) is 15.3. The van der Waals surface area contributed by atoms with Gasteiger partial charge in [-0.3, -0.25) is 14.4 Å². The van der Waals surface area contributed by atoms with Crippen LogP contribution < -0.4 is 0 Å². The molecule has 0 radical (unpaired) electrons. The smallest absolute Gasteiger partial charge is 0.306 e. The Morgan fingerprint density at radius 2 is 0.759 bits per heavy atom. The number of ether oxygens (including phenoxy) is 3. The van der Waals surface area contributed by atoms with E-state index in [0.717, 1.165) is 128 Å². The molecule has 0 aromatic rings. The van der Waals surface area contributed by atoms with Crippen molar-refractivity contribution in [1.82, 2.24) is 0 Å². The Hall–Kier alpha value is -3.41. The Morgan fingerprint density at radius 3 is 1.28 bits per heavy atom. The number of carbonyl (C=O) groups excluding carboxylic acids is 3. The van der Waals surface area contributed by atoms with Crippen LogP contribution >= 0.6 is 0 Å². The number of hydrogen-bond donors (Lipinski definition) is 0. The van der Waals surface area contributed by atoms with Crippen molar-refractivity contribution in [3.05, 3.63) is 85.1 Å². The Bertz CT molecular complexity index is 1160. The number of rotatable bonds is 41. The van der Waals surface area contributed by atoms with Crippen molar-refractivity contribution in [2.24, 2.45) is 0 Å². The van der Waals surface area contributed by atoms with E-state index in [1.165, 1.54) is 38.5 Å². The fourth-order valence-corrected chi connectivity index (χ4v) is 6.15. The Balaban J connectivity index is 4.48. The molecule has 0 N–H and O–H groups in total. The van der Waals surface area contributed by atoms with Gasteiger partial charge in [0.1, 0.15) is 13.2 Å². The molecule has 0 fully saturated rings. The van der Waals surface area contributed by atoms with Gasteiger partial charge in [-0.05, 0) is 96.3 Å². The van der Waals surface area contributed by atoms with Crippen molar-refractivity contribution in [1.29, 1.82) is 0 Å². The largest absolute Gasteiger partial charge is 0.462 e. The highest BCUT2D eigenvalue weighted by Gasteiger charge is 2.19. The summed E-state index contributed by atoms with van der Waals surface area (Å²) in [5, 5.41) is 0. The normalized spacial score (nSPS) is 12.8. The molecular formula is C52H86O6. The third-order valence-electron chi connectivity index (χ3n) is 9.68. The highest BCUT2D eigenvalue weighted by Crippen LogP contribution is 2.13. The van der Waals surface area contributed by atoms with Crippen LogP contribution in [0.4, 0.5) is 0 Å². The van der Waals surface area contributed by atoms with Gasteiger partial charge in [0.2, 0.25) is 0 Å². The first-order chi connectivity index (χ1) is 28.5. The zero-order valence-electron chi connectivity index (χ0n) is 37.5. The predicted octanol–water partition coefficient (Wildman–Crippen LogP) is 15.3. The van der Waals surface area contributed by atoms with Gasteiger partial charge in [0.15, 0.2) is 6.10 Å². The van der Waals surface area contributed by atoms with Crippen LogP contribution in [0.3, 0.4) is 0 Å². The minimum absolute atomic E-state index is 0.101. The minimum Gasteiger partial charge on any atom is -0.462 e. The third-order valence-corrected chi connectivity index (χ3v) is 9.68. The van der Waals surface area contributed by atoms with Crippen LogP contribution in [0, 0.1) is 0 Å². The fourth-order valence-electron chi connectivity index (χ4n) is 6.15. The van der Waals surface area contributed by atoms with Crippen LogP contribution in [0.5, 0.6) is 0 Å².